The number of para-hydroxylation sites is 1. The zero-order chi connectivity index (χ0) is 16.7. The maximum atomic E-state index is 12.4. The molecule has 1 unspecified atom stereocenters. The normalized spacial score (nSPS) is 17.6. The number of carbonyl (C=O) groups is 2. The van der Waals surface area contributed by atoms with Crippen LogP contribution in [0.4, 0.5) is 11.5 Å². The number of hydrogen-bond donors (Lipinski definition) is 2. The van der Waals surface area contributed by atoms with Gasteiger partial charge >= 0.3 is 0 Å². The minimum Gasteiger partial charge on any atom is -0.323 e. The van der Waals surface area contributed by atoms with Crippen LogP contribution in [0.2, 0.25) is 0 Å². The number of aryl methyl sites for hydroxylation is 1. The van der Waals surface area contributed by atoms with Crippen LogP contribution in [-0.2, 0) is 16.6 Å². The predicted molar refractivity (Wildman–Crippen MR) is 88.4 cm³/mol. The second kappa shape index (κ2) is 5.48. The van der Waals surface area contributed by atoms with E-state index in [4.69, 9.17) is 0 Å². The third-order valence-electron chi connectivity index (χ3n) is 4.17. The van der Waals surface area contributed by atoms with E-state index in [1.807, 2.05) is 24.3 Å². The summed E-state index contributed by atoms with van der Waals surface area (Å²) in [6, 6.07) is 7.61. The Hall–Kier alpha value is -3.16. The topological polar surface area (TPSA) is 95.9 Å². The summed E-state index contributed by atoms with van der Waals surface area (Å²) in [5.41, 5.74) is 1.49. The molecule has 0 saturated carbocycles. The number of H-pyrrole nitrogens is 1. The lowest BCUT2D eigenvalue weighted by Gasteiger charge is -2.14. The van der Waals surface area contributed by atoms with E-state index in [0.29, 0.717) is 18.1 Å². The molecule has 0 radical (unpaired) electrons. The van der Waals surface area contributed by atoms with Crippen LogP contribution in [0.1, 0.15) is 6.42 Å². The van der Waals surface area contributed by atoms with E-state index in [9.17, 15) is 9.59 Å². The van der Waals surface area contributed by atoms with Crippen LogP contribution >= 0.6 is 0 Å². The fraction of sp³-hybridized carbons (Fsp3) is 0.250. The Morgan fingerprint density at radius 3 is 3.00 bits per heavy atom. The summed E-state index contributed by atoms with van der Waals surface area (Å²) >= 11 is 0. The molecule has 8 heteroatoms. The van der Waals surface area contributed by atoms with E-state index in [1.165, 1.54) is 0 Å². The number of hydrogen-bond acceptors (Lipinski definition) is 4. The van der Waals surface area contributed by atoms with Gasteiger partial charge in [0.15, 0.2) is 5.82 Å². The van der Waals surface area contributed by atoms with Crippen molar-refractivity contribution in [2.24, 2.45) is 13.0 Å². The molecule has 1 saturated heterocycles. The maximum absolute atomic E-state index is 12.4. The van der Waals surface area contributed by atoms with Gasteiger partial charge < -0.3 is 5.32 Å². The van der Waals surface area contributed by atoms with Gasteiger partial charge in [-0.2, -0.15) is 10.2 Å². The number of rotatable bonds is 3. The third-order valence-corrected chi connectivity index (χ3v) is 4.17. The van der Waals surface area contributed by atoms with E-state index in [-0.39, 0.29) is 18.2 Å². The number of anilines is 2. The number of carbonyl (C=O) groups excluding carboxylic acids is 2. The number of amides is 2. The zero-order valence-electron chi connectivity index (χ0n) is 13.1. The Morgan fingerprint density at radius 2 is 2.21 bits per heavy atom. The lowest BCUT2D eigenvalue weighted by molar-refractivity contribution is -0.122. The Morgan fingerprint density at radius 1 is 1.38 bits per heavy atom. The van der Waals surface area contributed by atoms with Gasteiger partial charge in [-0.05, 0) is 12.1 Å². The third kappa shape index (κ3) is 2.41. The molecule has 2 N–H and O–H groups in total. The van der Waals surface area contributed by atoms with Crippen molar-refractivity contribution in [1.82, 2.24) is 20.0 Å². The summed E-state index contributed by atoms with van der Waals surface area (Å²) in [6.45, 7) is 0.319. The first-order chi connectivity index (χ1) is 11.6. The lowest BCUT2D eigenvalue weighted by Crippen LogP contribution is -2.28. The Labute approximate surface area is 137 Å². The van der Waals surface area contributed by atoms with Gasteiger partial charge in [0, 0.05) is 31.6 Å². The minimum atomic E-state index is -0.409. The summed E-state index contributed by atoms with van der Waals surface area (Å²) in [7, 11) is 1.78. The average molecular weight is 324 g/mol. The van der Waals surface area contributed by atoms with Crippen LogP contribution in [0.25, 0.3) is 10.9 Å². The molecule has 1 fully saturated rings. The molecule has 1 aliphatic rings. The summed E-state index contributed by atoms with van der Waals surface area (Å²) < 4.78 is 1.61. The van der Waals surface area contributed by atoms with Crippen molar-refractivity contribution in [1.29, 1.82) is 0 Å². The van der Waals surface area contributed by atoms with Gasteiger partial charge in [-0.3, -0.25) is 24.3 Å². The minimum absolute atomic E-state index is 0.0985. The van der Waals surface area contributed by atoms with Gasteiger partial charge in [-0.1, -0.05) is 12.1 Å². The van der Waals surface area contributed by atoms with Gasteiger partial charge in [-0.25, -0.2) is 0 Å². The highest BCUT2D eigenvalue weighted by Crippen LogP contribution is 2.30. The first kappa shape index (κ1) is 14.4. The van der Waals surface area contributed by atoms with E-state index in [0.717, 1.165) is 10.9 Å². The molecular weight excluding hydrogens is 308 g/mol. The number of nitrogens with zero attached hydrogens (tertiary/aromatic N) is 4. The van der Waals surface area contributed by atoms with E-state index < -0.39 is 5.92 Å². The summed E-state index contributed by atoms with van der Waals surface area (Å²) in [5.74, 6) is -0.113. The highest BCUT2D eigenvalue weighted by molar-refractivity contribution is 6.06. The molecular formula is C16H16N6O2. The standard InChI is InChI=1S/C16H16N6O2/c1-21-9-11(7-17-21)18-16(24)10-6-14(23)22(8-10)15-12-4-2-3-5-13(12)19-20-15/h2-5,7,9-10H,6,8H2,1H3,(H,18,24)(H,19,20). The van der Waals surface area contributed by atoms with Gasteiger partial charge in [0.25, 0.3) is 0 Å². The molecule has 1 aromatic carbocycles. The number of aromatic amines is 1. The van der Waals surface area contributed by atoms with Crippen molar-refractivity contribution in [2.75, 3.05) is 16.8 Å². The molecule has 2 aromatic heterocycles. The highest BCUT2D eigenvalue weighted by Gasteiger charge is 2.36. The lowest BCUT2D eigenvalue weighted by atomic mass is 10.1. The van der Waals surface area contributed by atoms with Crippen LogP contribution in [0.15, 0.2) is 36.7 Å². The van der Waals surface area contributed by atoms with Crippen LogP contribution in [-0.4, -0.2) is 38.3 Å². The van der Waals surface area contributed by atoms with Crippen LogP contribution < -0.4 is 10.2 Å². The van der Waals surface area contributed by atoms with E-state index >= 15 is 0 Å². The van der Waals surface area contributed by atoms with Crippen LogP contribution in [0.5, 0.6) is 0 Å². The van der Waals surface area contributed by atoms with E-state index in [2.05, 4.69) is 20.6 Å². The van der Waals surface area contributed by atoms with Crippen LogP contribution in [0, 0.1) is 5.92 Å². The summed E-state index contributed by atoms with van der Waals surface area (Å²) in [5, 5.41) is 14.8. The molecule has 0 bridgehead atoms. The number of fused-ring (bicyclic) bond motifs is 1. The first-order valence-corrected chi connectivity index (χ1v) is 7.65. The molecule has 2 amide bonds. The smallest absolute Gasteiger partial charge is 0.229 e. The molecule has 3 heterocycles. The Balaban J connectivity index is 1.53. The molecule has 24 heavy (non-hydrogen) atoms. The van der Waals surface area contributed by atoms with Gasteiger partial charge in [0.05, 0.1) is 23.3 Å². The molecule has 8 nitrogen and oxygen atoms in total. The average Bonchev–Trinajstić information content (AvgIpc) is 3.26. The van der Waals surface area contributed by atoms with Gasteiger partial charge in [0.2, 0.25) is 11.8 Å². The quantitative estimate of drug-likeness (QED) is 0.759. The summed E-state index contributed by atoms with van der Waals surface area (Å²) in [6.07, 6.45) is 3.47. The maximum Gasteiger partial charge on any atom is 0.229 e. The van der Waals surface area contributed by atoms with Crippen molar-refractivity contribution < 1.29 is 9.59 Å². The van der Waals surface area contributed by atoms with Gasteiger partial charge in [0.1, 0.15) is 0 Å². The molecule has 0 spiro atoms. The van der Waals surface area contributed by atoms with Crippen molar-refractivity contribution in [2.45, 2.75) is 6.42 Å². The predicted octanol–water partition coefficient (Wildman–Crippen LogP) is 1.29. The van der Waals surface area contributed by atoms with Crippen molar-refractivity contribution in [3.63, 3.8) is 0 Å². The number of nitrogens with one attached hydrogen (secondary N) is 2. The Kier molecular flexibility index (Phi) is 3.30. The largest absolute Gasteiger partial charge is 0.323 e. The highest BCUT2D eigenvalue weighted by atomic mass is 16.2. The molecule has 1 atom stereocenters. The molecule has 122 valence electrons. The molecule has 1 aliphatic heterocycles. The Bertz CT molecular complexity index is 927. The van der Waals surface area contributed by atoms with Crippen molar-refractivity contribution in [3.8, 4) is 0 Å². The number of benzene rings is 1. The molecule has 0 aliphatic carbocycles. The second-order valence-corrected chi connectivity index (χ2v) is 5.89. The molecule has 3 aromatic rings. The van der Waals surface area contributed by atoms with Gasteiger partial charge in [-0.15, -0.1) is 0 Å². The fourth-order valence-corrected chi connectivity index (χ4v) is 2.97. The second-order valence-electron chi connectivity index (χ2n) is 5.89. The first-order valence-electron chi connectivity index (χ1n) is 7.65. The van der Waals surface area contributed by atoms with Crippen molar-refractivity contribution >= 4 is 34.2 Å². The van der Waals surface area contributed by atoms with E-state index in [1.54, 1.807) is 29.0 Å². The fourth-order valence-electron chi connectivity index (χ4n) is 2.97. The molecule has 4 rings (SSSR count). The zero-order valence-corrected chi connectivity index (χ0v) is 13.1. The van der Waals surface area contributed by atoms with Crippen molar-refractivity contribution in [3.05, 3.63) is 36.7 Å². The van der Waals surface area contributed by atoms with Crippen LogP contribution in [0.3, 0.4) is 0 Å². The number of aromatic nitrogens is 4. The SMILES string of the molecule is Cn1cc(NC(=O)C2CC(=O)N(c3n[nH]c4ccccc34)C2)cn1. The summed E-state index contributed by atoms with van der Waals surface area (Å²) in [4.78, 5) is 26.3. The monoisotopic (exact) mass is 324 g/mol.